The van der Waals surface area contributed by atoms with E-state index in [4.69, 9.17) is 4.74 Å². The first-order valence-electron chi connectivity index (χ1n) is 7.36. The third kappa shape index (κ3) is 3.17. The second kappa shape index (κ2) is 6.41. The first kappa shape index (κ1) is 14.3. The fraction of sp³-hybridized carbons (Fsp3) is 0.353. The highest BCUT2D eigenvalue weighted by Gasteiger charge is 2.18. The summed E-state index contributed by atoms with van der Waals surface area (Å²) in [6.45, 7) is 3.15. The molecule has 110 valence electrons. The first-order chi connectivity index (χ1) is 10.3. The summed E-state index contributed by atoms with van der Waals surface area (Å²) in [6.07, 6.45) is 3.45. The van der Waals surface area contributed by atoms with Crippen LogP contribution in [0.1, 0.15) is 39.0 Å². The zero-order chi connectivity index (χ0) is 14.7. The van der Waals surface area contributed by atoms with Gasteiger partial charge in [0.25, 0.3) is 5.91 Å². The lowest BCUT2D eigenvalue weighted by Crippen LogP contribution is -2.12. The van der Waals surface area contributed by atoms with Gasteiger partial charge in [0, 0.05) is 22.7 Å². The predicted molar refractivity (Wildman–Crippen MR) is 86.1 cm³/mol. The number of rotatable bonds is 5. The predicted octanol–water partition coefficient (Wildman–Crippen LogP) is 4.03. The largest absolute Gasteiger partial charge is 0.377 e. The monoisotopic (exact) mass is 301 g/mol. The van der Waals surface area contributed by atoms with Crippen LogP contribution in [0.15, 0.2) is 30.3 Å². The average Bonchev–Trinajstić information content (AvgIpc) is 3.07. The van der Waals surface area contributed by atoms with Crippen LogP contribution in [0.25, 0.3) is 0 Å². The van der Waals surface area contributed by atoms with Crippen LogP contribution in [-0.2, 0) is 24.2 Å². The van der Waals surface area contributed by atoms with E-state index in [-0.39, 0.29) is 5.91 Å². The van der Waals surface area contributed by atoms with E-state index < -0.39 is 0 Å². The molecule has 1 aliphatic carbocycles. The molecule has 4 heteroatoms. The van der Waals surface area contributed by atoms with Gasteiger partial charge in [0.2, 0.25) is 0 Å². The second-order valence-electron chi connectivity index (χ2n) is 5.16. The van der Waals surface area contributed by atoms with Gasteiger partial charge in [-0.1, -0.05) is 18.2 Å². The molecular weight excluding hydrogens is 282 g/mol. The van der Waals surface area contributed by atoms with Crippen molar-refractivity contribution in [2.45, 2.75) is 32.8 Å². The van der Waals surface area contributed by atoms with Crippen molar-refractivity contribution in [2.24, 2.45) is 0 Å². The van der Waals surface area contributed by atoms with Gasteiger partial charge in [0.05, 0.1) is 11.5 Å². The zero-order valence-electron chi connectivity index (χ0n) is 12.1. The number of benzene rings is 1. The van der Waals surface area contributed by atoms with E-state index in [0.717, 1.165) is 29.0 Å². The maximum absolute atomic E-state index is 12.4. The minimum atomic E-state index is -0.0154. The normalized spacial score (nSPS) is 13.2. The van der Waals surface area contributed by atoms with Crippen molar-refractivity contribution in [3.63, 3.8) is 0 Å². The number of amides is 1. The molecule has 1 amide bonds. The van der Waals surface area contributed by atoms with Crippen molar-refractivity contribution in [2.75, 3.05) is 11.9 Å². The molecule has 3 rings (SSSR count). The number of para-hydroxylation sites is 1. The Balaban J connectivity index is 1.74. The quantitative estimate of drug-likeness (QED) is 0.905. The zero-order valence-corrected chi connectivity index (χ0v) is 13.0. The number of ether oxygens (including phenoxy) is 1. The van der Waals surface area contributed by atoms with Crippen LogP contribution in [0, 0.1) is 0 Å². The number of anilines is 1. The average molecular weight is 301 g/mol. The summed E-state index contributed by atoms with van der Waals surface area (Å²) in [5, 5.41) is 3.02. The van der Waals surface area contributed by atoms with Crippen LogP contribution in [0.4, 0.5) is 5.69 Å². The Morgan fingerprint density at radius 1 is 1.33 bits per heavy atom. The molecule has 0 fully saturated rings. The van der Waals surface area contributed by atoms with E-state index in [1.54, 1.807) is 11.3 Å². The molecule has 0 radical (unpaired) electrons. The van der Waals surface area contributed by atoms with Crippen molar-refractivity contribution >= 4 is 22.9 Å². The lowest BCUT2D eigenvalue weighted by molar-refractivity contribution is 0.102. The molecule has 0 saturated carbocycles. The maximum Gasteiger partial charge on any atom is 0.265 e. The summed E-state index contributed by atoms with van der Waals surface area (Å²) in [6, 6.07) is 9.85. The highest BCUT2D eigenvalue weighted by atomic mass is 32.1. The summed E-state index contributed by atoms with van der Waals surface area (Å²) in [4.78, 5) is 14.6. The molecule has 0 saturated heterocycles. The molecule has 1 aromatic carbocycles. The van der Waals surface area contributed by atoms with Gasteiger partial charge in [-0.3, -0.25) is 4.79 Å². The number of aryl methyl sites for hydroxylation is 2. The minimum Gasteiger partial charge on any atom is -0.377 e. The van der Waals surface area contributed by atoms with Crippen molar-refractivity contribution in [1.29, 1.82) is 0 Å². The summed E-state index contributed by atoms with van der Waals surface area (Å²) >= 11 is 1.63. The van der Waals surface area contributed by atoms with Gasteiger partial charge in [0.15, 0.2) is 0 Å². The molecule has 1 heterocycles. The lowest BCUT2D eigenvalue weighted by Gasteiger charge is -2.10. The Kier molecular flexibility index (Phi) is 4.36. The molecule has 0 bridgehead atoms. The summed E-state index contributed by atoms with van der Waals surface area (Å²) in [5.41, 5.74) is 3.20. The molecule has 1 N–H and O–H groups in total. The number of hydrogen-bond acceptors (Lipinski definition) is 3. The van der Waals surface area contributed by atoms with Crippen LogP contribution >= 0.6 is 11.3 Å². The van der Waals surface area contributed by atoms with Gasteiger partial charge >= 0.3 is 0 Å². The van der Waals surface area contributed by atoms with E-state index in [1.807, 2.05) is 37.3 Å². The van der Waals surface area contributed by atoms with Gasteiger partial charge in [-0.2, -0.15) is 0 Å². The molecule has 0 atom stereocenters. The SMILES string of the molecule is CCOCc1ccccc1NC(=O)c1cc2c(s1)CCC2. The van der Waals surface area contributed by atoms with Crippen molar-refractivity contribution in [1.82, 2.24) is 0 Å². The van der Waals surface area contributed by atoms with E-state index in [2.05, 4.69) is 5.32 Å². The highest BCUT2D eigenvalue weighted by molar-refractivity contribution is 7.14. The molecule has 1 aliphatic rings. The van der Waals surface area contributed by atoms with Gasteiger partial charge in [-0.05, 0) is 43.9 Å². The van der Waals surface area contributed by atoms with Crippen LogP contribution in [0.3, 0.4) is 0 Å². The van der Waals surface area contributed by atoms with E-state index in [9.17, 15) is 4.79 Å². The topological polar surface area (TPSA) is 38.3 Å². The van der Waals surface area contributed by atoms with Gasteiger partial charge < -0.3 is 10.1 Å². The molecule has 1 aromatic heterocycles. The van der Waals surface area contributed by atoms with Crippen molar-refractivity contribution in [3.05, 3.63) is 51.2 Å². The summed E-state index contributed by atoms with van der Waals surface area (Å²) in [5.74, 6) is -0.0154. The van der Waals surface area contributed by atoms with Gasteiger partial charge in [-0.25, -0.2) is 0 Å². The Morgan fingerprint density at radius 2 is 2.19 bits per heavy atom. The van der Waals surface area contributed by atoms with Crippen LogP contribution < -0.4 is 5.32 Å². The minimum absolute atomic E-state index is 0.0154. The Bertz CT molecular complexity index is 626. The van der Waals surface area contributed by atoms with Crippen LogP contribution in [0.2, 0.25) is 0 Å². The number of carbonyl (C=O) groups excluding carboxylic acids is 1. The Morgan fingerprint density at radius 3 is 3.00 bits per heavy atom. The van der Waals surface area contributed by atoms with Crippen LogP contribution in [0.5, 0.6) is 0 Å². The molecule has 0 aliphatic heterocycles. The number of fused-ring (bicyclic) bond motifs is 1. The van der Waals surface area contributed by atoms with E-state index in [0.29, 0.717) is 13.2 Å². The Hall–Kier alpha value is -1.65. The summed E-state index contributed by atoms with van der Waals surface area (Å²) in [7, 11) is 0. The third-order valence-corrected chi connectivity index (χ3v) is 4.93. The fourth-order valence-electron chi connectivity index (χ4n) is 2.60. The number of thiophene rings is 1. The third-order valence-electron chi connectivity index (χ3n) is 3.70. The van der Waals surface area contributed by atoms with Crippen LogP contribution in [-0.4, -0.2) is 12.5 Å². The number of hydrogen-bond donors (Lipinski definition) is 1. The lowest BCUT2D eigenvalue weighted by atomic mass is 10.2. The maximum atomic E-state index is 12.4. The molecule has 3 nitrogen and oxygen atoms in total. The molecule has 0 unspecified atom stereocenters. The number of nitrogens with one attached hydrogen (secondary N) is 1. The van der Waals surface area contributed by atoms with E-state index >= 15 is 0 Å². The molecular formula is C17H19NO2S. The van der Waals surface area contributed by atoms with E-state index in [1.165, 1.54) is 16.9 Å². The van der Waals surface area contributed by atoms with Gasteiger partial charge in [0.1, 0.15) is 0 Å². The van der Waals surface area contributed by atoms with Crippen molar-refractivity contribution < 1.29 is 9.53 Å². The Labute approximate surface area is 129 Å². The smallest absolute Gasteiger partial charge is 0.265 e. The molecule has 2 aromatic rings. The molecule has 21 heavy (non-hydrogen) atoms. The fourth-order valence-corrected chi connectivity index (χ4v) is 3.75. The highest BCUT2D eigenvalue weighted by Crippen LogP contribution is 2.31. The second-order valence-corrected chi connectivity index (χ2v) is 6.30. The van der Waals surface area contributed by atoms with Crippen molar-refractivity contribution in [3.8, 4) is 0 Å². The van der Waals surface area contributed by atoms with Gasteiger partial charge in [-0.15, -0.1) is 11.3 Å². The molecule has 0 spiro atoms. The number of carbonyl (C=O) groups is 1. The summed E-state index contributed by atoms with van der Waals surface area (Å²) < 4.78 is 5.45. The first-order valence-corrected chi connectivity index (χ1v) is 8.18. The standard InChI is InChI=1S/C17H19NO2S/c1-2-20-11-13-6-3-4-8-14(13)18-17(19)16-10-12-7-5-9-15(12)21-16/h3-4,6,8,10H,2,5,7,9,11H2,1H3,(H,18,19).